The third-order valence-corrected chi connectivity index (χ3v) is 4.62. The van der Waals surface area contributed by atoms with Crippen LogP contribution in [0.4, 0.5) is 5.82 Å². The van der Waals surface area contributed by atoms with Gasteiger partial charge in [-0.15, -0.1) is 0 Å². The van der Waals surface area contributed by atoms with E-state index in [-0.39, 0.29) is 24.4 Å². The van der Waals surface area contributed by atoms with E-state index in [2.05, 4.69) is 9.84 Å². The predicted octanol–water partition coefficient (Wildman–Crippen LogP) is -1.24. The van der Waals surface area contributed by atoms with Crippen LogP contribution in [-0.2, 0) is 36.6 Å². The Morgan fingerprint density at radius 1 is 1.43 bits per heavy atom. The molecule has 21 heavy (non-hydrogen) atoms. The molecule has 0 aromatic carbocycles. The van der Waals surface area contributed by atoms with Crippen LogP contribution in [-0.4, -0.2) is 45.4 Å². The zero-order valence-corrected chi connectivity index (χ0v) is 13.1. The number of aromatic nitrogens is 2. The van der Waals surface area contributed by atoms with Gasteiger partial charge >= 0.3 is 5.97 Å². The molecule has 120 valence electrons. The minimum Gasteiger partial charge on any atom is -0.469 e. The number of hydrogen-bond donors (Lipinski definition) is 2. The highest BCUT2D eigenvalue weighted by Gasteiger charge is 2.22. The Balaban J connectivity index is 2.83. The molecule has 0 bridgehead atoms. The molecule has 1 rings (SSSR count). The van der Waals surface area contributed by atoms with E-state index in [0.717, 1.165) is 10.9 Å². The molecule has 0 unspecified atom stereocenters. The number of nitrogens with zero attached hydrogens (tertiary/aromatic N) is 2. The van der Waals surface area contributed by atoms with Crippen molar-refractivity contribution in [3.05, 3.63) is 6.20 Å². The van der Waals surface area contributed by atoms with Gasteiger partial charge in [-0.05, 0) is 6.42 Å². The summed E-state index contributed by atoms with van der Waals surface area (Å²) in [7, 11) is -5.35. The molecule has 1 aromatic heterocycles. The van der Waals surface area contributed by atoms with Crippen molar-refractivity contribution >= 4 is 31.8 Å². The number of esters is 1. The van der Waals surface area contributed by atoms with E-state index < -0.39 is 30.9 Å². The first-order chi connectivity index (χ1) is 9.55. The molecule has 0 spiro atoms. The Morgan fingerprint density at radius 2 is 2.05 bits per heavy atom. The normalized spacial score (nSPS) is 12.1. The lowest BCUT2D eigenvalue weighted by atomic mass is 10.3. The van der Waals surface area contributed by atoms with Crippen molar-refractivity contribution in [3.63, 3.8) is 0 Å². The average molecular weight is 340 g/mol. The largest absolute Gasteiger partial charge is 0.469 e. The number of anilines is 1. The van der Waals surface area contributed by atoms with Crippen molar-refractivity contribution in [2.45, 2.75) is 17.7 Å². The molecular formula is C9H16N4O6S2. The highest BCUT2D eigenvalue weighted by Crippen LogP contribution is 2.18. The van der Waals surface area contributed by atoms with Crippen LogP contribution in [0.1, 0.15) is 12.8 Å². The molecule has 10 nitrogen and oxygen atoms in total. The maximum Gasteiger partial charge on any atom is 0.305 e. The van der Waals surface area contributed by atoms with Crippen LogP contribution in [0.5, 0.6) is 0 Å². The zero-order valence-electron chi connectivity index (χ0n) is 11.4. The molecule has 0 aliphatic rings. The van der Waals surface area contributed by atoms with E-state index in [0.29, 0.717) is 0 Å². The monoisotopic (exact) mass is 340 g/mol. The van der Waals surface area contributed by atoms with Crippen LogP contribution >= 0.6 is 0 Å². The molecule has 0 aliphatic carbocycles. The van der Waals surface area contributed by atoms with Crippen LogP contribution in [0.25, 0.3) is 0 Å². The van der Waals surface area contributed by atoms with E-state index in [1.54, 1.807) is 0 Å². The van der Waals surface area contributed by atoms with E-state index >= 15 is 0 Å². The Hall–Kier alpha value is -1.66. The second-order valence-corrected chi connectivity index (χ2v) is 7.53. The van der Waals surface area contributed by atoms with Gasteiger partial charge in [0.15, 0.2) is 5.82 Å². The molecule has 3 N–H and O–H groups in total. The van der Waals surface area contributed by atoms with Crippen LogP contribution in [0.15, 0.2) is 11.1 Å². The van der Waals surface area contributed by atoms with Crippen LogP contribution < -0.4 is 9.86 Å². The van der Waals surface area contributed by atoms with Gasteiger partial charge in [0.05, 0.1) is 12.9 Å². The molecular weight excluding hydrogens is 324 g/mol. The van der Waals surface area contributed by atoms with Gasteiger partial charge < -0.3 is 4.74 Å². The highest BCUT2D eigenvalue weighted by atomic mass is 32.2. The summed E-state index contributed by atoms with van der Waals surface area (Å²) in [5.74, 6) is -1.30. The topological polar surface area (TPSA) is 150 Å². The number of primary sulfonamides is 1. The number of ether oxygens (including phenoxy) is 1. The van der Waals surface area contributed by atoms with E-state index in [1.165, 1.54) is 14.2 Å². The summed E-state index contributed by atoms with van der Waals surface area (Å²) >= 11 is 0. The van der Waals surface area contributed by atoms with E-state index in [1.807, 2.05) is 4.72 Å². The minimum atomic E-state index is -4.11. The number of methoxy groups -OCH3 is 1. The zero-order chi connectivity index (χ0) is 16.3. The van der Waals surface area contributed by atoms with Gasteiger partial charge in [-0.1, -0.05) is 0 Å². The quantitative estimate of drug-likeness (QED) is 0.589. The number of nitrogens with two attached hydrogens (primary N) is 1. The molecule has 0 saturated heterocycles. The molecule has 0 atom stereocenters. The Labute approximate surface area is 122 Å². The number of rotatable bonds is 7. The molecule has 0 amide bonds. The van der Waals surface area contributed by atoms with Crippen LogP contribution in [0.2, 0.25) is 0 Å². The van der Waals surface area contributed by atoms with Crippen molar-refractivity contribution < 1.29 is 26.4 Å². The third kappa shape index (κ3) is 5.32. The number of carbonyl (C=O) groups excluding carboxylic acids is 1. The summed E-state index contributed by atoms with van der Waals surface area (Å²) in [4.78, 5) is 10.5. The molecule has 0 radical (unpaired) electrons. The van der Waals surface area contributed by atoms with Gasteiger partial charge in [0.1, 0.15) is 4.90 Å². The summed E-state index contributed by atoms with van der Waals surface area (Å²) in [5, 5.41) is 8.67. The number of carbonyl (C=O) groups is 1. The van der Waals surface area contributed by atoms with Gasteiger partial charge in [0.2, 0.25) is 20.0 Å². The first kappa shape index (κ1) is 17.4. The third-order valence-electron chi connectivity index (χ3n) is 2.38. The van der Waals surface area contributed by atoms with Crippen molar-refractivity contribution in [3.8, 4) is 0 Å². The Morgan fingerprint density at radius 3 is 2.57 bits per heavy atom. The molecule has 0 saturated carbocycles. The van der Waals surface area contributed by atoms with Crippen LogP contribution in [0.3, 0.4) is 0 Å². The van der Waals surface area contributed by atoms with Gasteiger partial charge in [0, 0.05) is 19.7 Å². The summed E-state index contributed by atoms with van der Waals surface area (Å²) in [6.45, 7) is 0. The molecule has 1 heterocycles. The smallest absolute Gasteiger partial charge is 0.305 e. The van der Waals surface area contributed by atoms with Crippen LogP contribution in [0, 0.1) is 0 Å². The number of hydrogen-bond acceptors (Lipinski definition) is 7. The SMILES string of the molecule is COC(=O)CCCS(=O)(=O)Nc1nn(C)cc1S(N)(=O)=O. The molecule has 0 aliphatic heterocycles. The van der Waals surface area contributed by atoms with Gasteiger partial charge in [-0.3, -0.25) is 14.2 Å². The van der Waals surface area contributed by atoms with E-state index in [9.17, 15) is 21.6 Å². The summed E-state index contributed by atoms with van der Waals surface area (Å²) in [5.41, 5.74) is 0. The lowest BCUT2D eigenvalue weighted by Gasteiger charge is -2.06. The fraction of sp³-hybridized carbons (Fsp3) is 0.556. The Kier molecular flexibility index (Phi) is 5.31. The number of nitrogens with one attached hydrogen (secondary N) is 1. The fourth-order valence-corrected chi connectivity index (χ4v) is 3.25. The summed E-state index contributed by atoms with van der Waals surface area (Å²) < 4.78 is 53.8. The standard InChI is InChI=1S/C9H16N4O6S2/c1-13-6-7(21(10,17)18)9(11-13)12-20(15,16)5-3-4-8(14)19-2/h6H,3-5H2,1-2H3,(H,11,12)(H2,10,17,18). The lowest BCUT2D eigenvalue weighted by Crippen LogP contribution is -2.20. The lowest BCUT2D eigenvalue weighted by molar-refractivity contribution is -0.140. The first-order valence-electron chi connectivity index (χ1n) is 5.69. The fourth-order valence-electron chi connectivity index (χ4n) is 1.45. The molecule has 1 aromatic rings. The van der Waals surface area contributed by atoms with Crippen molar-refractivity contribution in [2.24, 2.45) is 12.2 Å². The van der Waals surface area contributed by atoms with Gasteiger partial charge in [0.25, 0.3) is 0 Å². The predicted molar refractivity (Wildman–Crippen MR) is 73.2 cm³/mol. The van der Waals surface area contributed by atoms with Gasteiger partial charge in [-0.2, -0.15) is 5.10 Å². The van der Waals surface area contributed by atoms with E-state index in [4.69, 9.17) is 5.14 Å². The van der Waals surface area contributed by atoms with Gasteiger partial charge in [-0.25, -0.2) is 22.0 Å². The molecule has 12 heteroatoms. The Bertz CT molecular complexity index is 721. The summed E-state index contributed by atoms with van der Waals surface area (Å²) in [6, 6.07) is 0. The maximum atomic E-state index is 11.8. The number of sulfonamides is 2. The van der Waals surface area contributed by atoms with Crippen molar-refractivity contribution in [1.82, 2.24) is 9.78 Å². The second-order valence-electron chi connectivity index (χ2n) is 4.16. The first-order valence-corrected chi connectivity index (χ1v) is 8.89. The van der Waals surface area contributed by atoms with Crippen molar-refractivity contribution in [2.75, 3.05) is 17.6 Å². The highest BCUT2D eigenvalue weighted by molar-refractivity contribution is 7.93. The second kappa shape index (κ2) is 6.41. The average Bonchev–Trinajstić information content (AvgIpc) is 2.68. The number of aryl methyl sites for hydroxylation is 1. The summed E-state index contributed by atoms with van der Waals surface area (Å²) in [6.07, 6.45) is 1.04. The molecule has 0 fully saturated rings. The maximum absolute atomic E-state index is 11.8. The minimum absolute atomic E-state index is 0.0273. The van der Waals surface area contributed by atoms with Crippen molar-refractivity contribution in [1.29, 1.82) is 0 Å².